The van der Waals surface area contributed by atoms with Gasteiger partial charge in [0.1, 0.15) is 0 Å². The molecule has 0 bridgehead atoms. The third-order valence-electron chi connectivity index (χ3n) is 4.36. The van der Waals surface area contributed by atoms with Gasteiger partial charge in [0.15, 0.2) is 0 Å². The lowest BCUT2D eigenvalue weighted by Crippen LogP contribution is -2.26. The summed E-state index contributed by atoms with van der Waals surface area (Å²) in [6.45, 7) is 0.463. The Morgan fingerprint density at radius 1 is 1.04 bits per heavy atom. The number of rotatable bonds is 5. The van der Waals surface area contributed by atoms with Gasteiger partial charge in [0.2, 0.25) is 0 Å². The Balaban J connectivity index is 1.51. The molecule has 0 radical (unpaired) electrons. The zero-order valence-electron chi connectivity index (χ0n) is 14.9. The van der Waals surface area contributed by atoms with Crippen LogP contribution in [-0.2, 0) is 6.54 Å². The predicted molar refractivity (Wildman–Crippen MR) is 103 cm³/mol. The van der Waals surface area contributed by atoms with E-state index in [2.05, 4.69) is 15.3 Å². The minimum absolute atomic E-state index is 0.0879. The summed E-state index contributed by atoms with van der Waals surface area (Å²) in [6, 6.07) is 19.6. The number of carbonyl (C=O) groups is 1. The molecule has 0 unspecified atom stereocenters. The molecule has 0 aliphatic heterocycles. The number of carbonyl (C=O) groups excluding carboxylic acids is 1. The van der Waals surface area contributed by atoms with Crippen LogP contribution in [0.1, 0.15) is 15.9 Å². The number of hydrogen-bond donors (Lipinski definition) is 1. The number of benzene rings is 2. The van der Waals surface area contributed by atoms with Gasteiger partial charge in [-0.1, -0.05) is 48.5 Å². The van der Waals surface area contributed by atoms with Gasteiger partial charge in [0.05, 0.1) is 29.3 Å². The smallest absolute Gasteiger partial charge is 0.257 e. The first-order chi connectivity index (χ1) is 13.2. The summed E-state index contributed by atoms with van der Waals surface area (Å²) in [4.78, 5) is 14.6. The fourth-order valence-electron chi connectivity index (χ4n) is 2.99. The van der Waals surface area contributed by atoms with Gasteiger partial charge < -0.3 is 4.90 Å². The average Bonchev–Trinajstić information content (AvgIpc) is 3.38. The molecule has 2 aromatic carbocycles. The van der Waals surface area contributed by atoms with Crippen molar-refractivity contribution >= 4 is 5.91 Å². The van der Waals surface area contributed by atoms with Gasteiger partial charge in [-0.05, 0) is 12.1 Å². The molecule has 6 nitrogen and oxygen atoms in total. The molecule has 4 aromatic rings. The number of nitrogens with zero attached hydrogens (tertiary/aromatic N) is 4. The fourth-order valence-corrected chi connectivity index (χ4v) is 2.99. The van der Waals surface area contributed by atoms with Crippen LogP contribution in [0.2, 0.25) is 0 Å². The lowest BCUT2D eigenvalue weighted by molar-refractivity contribution is 0.0786. The Labute approximate surface area is 157 Å². The number of nitrogens with one attached hydrogen (secondary N) is 1. The molecule has 1 N–H and O–H groups in total. The van der Waals surface area contributed by atoms with Gasteiger partial charge in [-0.2, -0.15) is 10.2 Å². The van der Waals surface area contributed by atoms with Crippen LogP contribution < -0.4 is 0 Å². The molecule has 0 saturated heterocycles. The molecule has 27 heavy (non-hydrogen) atoms. The lowest BCUT2D eigenvalue weighted by atomic mass is 10.1. The molecule has 0 atom stereocenters. The highest BCUT2D eigenvalue weighted by Gasteiger charge is 2.19. The zero-order chi connectivity index (χ0) is 18.6. The van der Waals surface area contributed by atoms with Crippen LogP contribution >= 0.6 is 0 Å². The van der Waals surface area contributed by atoms with Gasteiger partial charge in [-0.15, -0.1) is 0 Å². The largest absolute Gasteiger partial charge is 0.337 e. The van der Waals surface area contributed by atoms with Crippen molar-refractivity contribution < 1.29 is 4.79 Å². The molecule has 134 valence electrons. The van der Waals surface area contributed by atoms with E-state index in [1.165, 1.54) is 0 Å². The highest BCUT2D eigenvalue weighted by atomic mass is 16.2. The predicted octanol–water partition coefficient (Wildman–Crippen LogP) is 3.53. The fraction of sp³-hybridized carbons (Fsp3) is 0.0952. The van der Waals surface area contributed by atoms with Crippen molar-refractivity contribution in [3.05, 3.63) is 90.4 Å². The Morgan fingerprint density at radius 3 is 2.48 bits per heavy atom. The molecule has 6 heteroatoms. The summed E-state index contributed by atoms with van der Waals surface area (Å²) in [6.07, 6.45) is 5.30. The molecular formula is C21H19N5O. The minimum atomic E-state index is -0.0879. The second-order valence-electron chi connectivity index (χ2n) is 6.31. The average molecular weight is 357 g/mol. The molecule has 0 aliphatic carbocycles. The molecule has 2 heterocycles. The highest BCUT2D eigenvalue weighted by molar-refractivity contribution is 5.99. The first-order valence-corrected chi connectivity index (χ1v) is 8.65. The molecule has 4 rings (SSSR count). The maximum Gasteiger partial charge on any atom is 0.257 e. The number of H-pyrrole nitrogens is 1. The normalized spacial score (nSPS) is 10.7. The second kappa shape index (κ2) is 7.29. The first kappa shape index (κ1) is 16.8. The third kappa shape index (κ3) is 3.50. The molecule has 0 spiro atoms. The second-order valence-corrected chi connectivity index (χ2v) is 6.31. The Morgan fingerprint density at radius 2 is 1.74 bits per heavy atom. The molecular weight excluding hydrogens is 338 g/mol. The number of amides is 1. The van der Waals surface area contributed by atoms with Crippen LogP contribution in [0, 0.1) is 0 Å². The van der Waals surface area contributed by atoms with E-state index in [9.17, 15) is 4.79 Å². The Hall–Kier alpha value is -3.67. The van der Waals surface area contributed by atoms with Crippen molar-refractivity contribution in [2.45, 2.75) is 6.54 Å². The van der Waals surface area contributed by atoms with E-state index in [0.29, 0.717) is 12.1 Å². The molecule has 0 fully saturated rings. The van der Waals surface area contributed by atoms with Gasteiger partial charge in [0, 0.05) is 30.9 Å². The van der Waals surface area contributed by atoms with Crippen molar-refractivity contribution in [3.63, 3.8) is 0 Å². The maximum atomic E-state index is 12.9. The van der Waals surface area contributed by atoms with Crippen LogP contribution in [-0.4, -0.2) is 37.8 Å². The minimum Gasteiger partial charge on any atom is -0.337 e. The van der Waals surface area contributed by atoms with E-state index in [0.717, 1.165) is 22.5 Å². The topological polar surface area (TPSA) is 66.8 Å². The van der Waals surface area contributed by atoms with E-state index in [1.807, 2.05) is 66.9 Å². The maximum absolute atomic E-state index is 12.9. The van der Waals surface area contributed by atoms with E-state index in [4.69, 9.17) is 0 Å². The van der Waals surface area contributed by atoms with Crippen molar-refractivity contribution in [2.24, 2.45) is 0 Å². The standard InChI is InChI=1S/C21H19N5O/c1-25(14-16-12-23-26(15-16)18-10-6-3-7-11-18)21(27)19-13-22-24-20(19)17-8-4-2-5-9-17/h2-13,15H,14H2,1H3,(H,22,24). The zero-order valence-corrected chi connectivity index (χ0v) is 14.9. The number of aromatic amines is 1. The number of aromatic nitrogens is 4. The van der Waals surface area contributed by atoms with Crippen LogP contribution in [0.15, 0.2) is 79.3 Å². The van der Waals surface area contributed by atoms with Crippen molar-refractivity contribution in [3.8, 4) is 16.9 Å². The summed E-state index contributed by atoms with van der Waals surface area (Å²) < 4.78 is 1.81. The van der Waals surface area contributed by atoms with Gasteiger partial charge in [-0.25, -0.2) is 4.68 Å². The quantitative estimate of drug-likeness (QED) is 0.594. The van der Waals surface area contributed by atoms with Gasteiger partial charge >= 0.3 is 0 Å². The van der Waals surface area contributed by atoms with E-state index in [-0.39, 0.29) is 5.91 Å². The first-order valence-electron chi connectivity index (χ1n) is 8.65. The summed E-state index contributed by atoms with van der Waals surface area (Å²) in [5.74, 6) is -0.0879. The summed E-state index contributed by atoms with van der Waals surface area (Å²) >= 11 is 0. The third-order valence-corrected chi connectivity index (χ3v) is 4.36. The van der Waals surface area contributed by atoms with Crippen LogP contribution in [0.5, 0.6) is 0 Å². The Kier molecular flexibility index (Phi) is 4.53. The van der Waals surface area contributed by atoms with Gasteiger partial charge in [-0.3, -0.25) is 9.89 Å². The molecule has 0 aliphatic rings. The summed E-state index contributed by atoms with van der Waals surface area (Å²) in [5.41, 5.74) is 4.16. The molecule has 1 amide bonds. The van der Waals surface area contributed by atoms with E-state index < -0.39 is 0 Å². The number of para-hydroxylation sites is 1. The lowest BCUT2D eigenvalue weighted by Gasteiger charge is -2.16. The van der Waals surface area contributed by atoms with Crippen molar-refractivity contribution in [2.75, 3.05) is 7.05 Å². The van der Waals surface area contributed by atoms with Gasteiger partial charge in [0.25, 0.3) is 5.91 Å². The molecule has 0 saturated carbocycles. The number of hydrogen-bond acceptors (Lipinski definition) is 3. The highest BCUT2D eigenvalue weighted by Crippen LogP contribution is 2.22. The summed E-state index contributed by atoms with van der Waals surface area (Å²) in [7, 11) is 1.78. The van der Waals surface area contributed by atoms with Crippen LogP contribution in [0.25, 0.3) is 16.9 Å². The Bertz CT molecular complexity index is 1040. The van der Waals surface area contributed by atoms with E-state index in [1.54, 1.807) is 29.0 Å². The van der Waals surface area contributed by atoms with E-state index >= 15 is 0 Å². The summed E-state index contributed by atoms with van der Waals surface area (Å²) in [5, 5.41) is 11.4. The van der Waals surface area contributed by atoms with Crippen molar-refractivity contribution in [1.29, 1.82) is 0 Å². The van der Waals surface area contributed by atoms with Crippen LogP contribution in [0.3, 0.4) is 0 Å². The monoisotopic (exact) mass is 357 g/mol. The molecule has 2 aromatic heterocycles. The van der Waals surface area contributed by atoms with Crippen molar-refractivity contribution in [1.82, 2.24) is 24.9 Å². The SMILES string of the molecule is CN(Cc1cnn(-c2ccccc2)c1)C(=O)c1cn[nH]c1-c1ccccc1. The van der Waals surface area contributed by atoms with Crippen LogP contribution in [0.4, 0.5) is 0 Å².